The van der Waals surface area contributed by atoms with Gasteiger partial charge >= 0.3 is 0 Å². The average molecular weight is 386 g/mol. The van der Waals surface area contributed by atoms with Crippen molar-refractivity contribution in [2.45, 2.75) is 32.9 Å². The molecule has 2 aromatic carbocycles. The van der Waals surface area contributed by atoms with Gasteiger partial charge in [-0.05, 0) is 38.0 Å². The minimum absolute atomic E-state index is 0.102. The largest absolute Gasteiger partial charge is 0.494 e. The van der Waals surface area contributed by atoms with E-state index in [9.17, 15) is 0 Å². The second-order valence-electron chi connectivity index (χ2n) is 7.63. The number of ether oxygens (including phenoxy) is 1. The molecule has 5 rings (SSSR count). The summed E-state index contributed by atoms with van der Waals surface area (Å²) in [5.41, 5.74) is 7.33. The summed E-state index contributed by atoms with van der Waals surface area (Å²) in [6, 6.07) is 17.1. The molecule has 5 heteroatoms. The lowest BCUT2D eigenvalue weighted by Crippen LogP contribution is -2.36. The Morgan fingerprint density at radius 3 is 2.79 bits per heavy atom. The van der Waals surface area contributed by atoms with Crippen LogP contribution < -0.4 is 4.74 Å². The summed E-state index contributed by atoms with van der Waals surface area (Å²) in [6.07, 6.45) is 2.81. The van der Waals surface area contributed by atoms with Gasteiger partial charge in [0.1, 0.15) is 5.75 Å². The van der Waals surface area contributed by atoms with Gasteiger partial charge in [0.05, 0.1) is 24.7 Å². The van der Waals surface area contributed by atoms with Crippen LogP contribution in [0.1, 0.15) is 41.2 Å². The van der Waals surface area contributed by atoms with E-state index in [2.05, 4.69) is 69.2 Å². The third-order valence-electron chi connectivity index (χ3n) is 5.93. The molecule has 3 heterocycles. The fourth-order valence-corrected chi connectivity index (χ4v) is 4.55. The van der Waals surface area contributed by atoms with Crippen LogP contribution in [0.3, 0.4) is 0 Å². The molecule has 0 spiro atoms. The van der Waals surface area contributed by atoms with Crippen LogP contribution in [-0.4, -0.2) is 33.0 Å². The van der Waals surface area contributed by atoms with Gasteiger partial charge < -0.3 is 14.7 Å². The number of imidazole rings is 1. The van der Waals surface area contributed by atoms with Gasteiger partial charge in [-0.25, -0.2) is 4.98 Å². The molecular weight excluding hydrogens is 360 g/mol. The summed E-state index contributed by atoms with van der Waals surface area (Å²) < 4.78 is 6.02. The maximum atomic E-state index is 6.02. The average Bonchev–Trinajstić information content (AvgIpc) is 3.32. The number of nitrogens with one attached hydrogen (secondary N) is 2. The number of nitrogens with zero attached hydrogens (tertiary/aromatic N) is 2. The summed E-state index contributed by atoms with van der Waals surface area (Å²) in [5, 5.41) is 1.33. The SMILES string of the molecule is CCOc1ccccc1C1c2[nH]c3ccccc3c2CCN1Cc1nc[nH]c1C. The highest BCUT2D eigenvalue weighted by molar-refractivity contribution is 5.85. The van der Waals surface area contributed by atoms with E-state index >= 15 is 0 Å². The molecule has 1 atom stereocenters. The molecule has 4 aromatic rings. The van der Waals surface area contributed by atoms with E-state index < -0.39 is 0 Å². The first kappa shape index (κ1) is 18.0. The number of aromatic amines is 2. The maximum Gasteiger partial charge on any atom is 0.124 e. The highest BCUT2D eigenvalue weighted by atomic mass is 16.5. The number of aromatic nitrogens is 3. The van der Waals surface area contributed by atoms with Gasteiger partial charge in [-0.3, -0.25) is 4.90 Å². The summed E-state index contributed by atoms with van der Waals surface area (Å²) in [6.45, 7) is 6.56. The molecule has 5 nitrogen and oxygen atoms in total. The molecule has 148 valence electrons. The van der Waals surface area contributed by atoms with Crippen LogP contribution in [0, 0.1) is 6.92 Å². The number of hydrogen-bond acceptors (Lipinski definition) is 3. The number of fused-ring (bicyclic) bond motifs is 3. The number of hydrogen-bond donors (Lipinski definition) is 2. The van der Waals surface area contributed by atoms with Gasteiger partial charge in [0.2, 0.25) is 0 Å². The lowest BCUT2D eigenvalue weighted by Gasteiger charge is -2.36. The van der Waals surface area contributed by atoms with E-state index in [0.717, 1.165) is 36.6 Å². The Hall–Kier alpha value is -3.05. The van der Waals surface area contributed by atoms with Gasteiger partial charge in [0.25, 0.3) is 0 Å². The molecule has 2 N–H and O–H groups in total. The van der Waals surface area contributed by atoms with Gasteiger partial charge in [-0.2, -0.15) is 0 Å². The van der Waals surface area contributed by atoms with Crippen molar-refractivity contribution in [1.29, 1.82) is 0 Å². The van der Waals surface area contributed by atoms with Crippen molar-refractivity contribution in [2.75, 3.05) is 13.2 Å². The van der Waals surface area contributed by atoms with Crippen molar-refractivity contribution >= 4 is 10.9 Å². The monoisotopic (exact) mass is 386 g/mol. The minimum Gasteiger partial charge on any atom is -0.494 e. The minimum atomic E-state index is 0.102. The van der Waals surface area contributed by atoms with E-state index in [-0.39, 0.29) is 6.04 Å². The van der Waals surface area contributed by atoms with Crippen molar-refractivity contribution in [3.8, 4) is 5.75 Å². The first-order chi connectivity index (χ1) is 14.3. The number of aryl methyl sites for hydroxylation is 1. The van der Waals surface area contributed by atoms with Crippen molar-refractivity contribution in [2.24, 2.45) is 0 Å². The summed E-state index contributed by atoms with van der Waals surface area (Å²) in [5.74, 6) is 0.954. The van der Waals surface area contributed by atoms with Gasteiger partial charge in [0.15, 0.2) is 0 Å². The maximum absolute atomic E-state index is 6.02. The Morgan fingerprint density at radius 1 is 1.14 bits per heavy atom. The predicted octanol–water partition coefficient (Wildman–Crippen LogP) is 4.75. The van der Waals surface area contributed by atoms with E-state index in [1.54, 1.807) is 6.33 Å². The fourth-order valence-electron chi connectivity index (χ4n) is 4.55. The van der Waals surface area contributed by atoms with Gasteiger partial charge in [-0.15, -0.1) is 0 Å². The Kier molecular flexibility index (Phi) is 4.60. The third-order valence-corrected chi connectivity index (χ3v) is 5.93. The quantitative estimate of drug-likeness (QED) is 0.521. The molecule has 0 saturated heterocycles. The number of H-pyrrole nitrogens is 2. The topological polar surface area (TPSA) is 56.9 Å². The van der Waals surface area contributed by atoms with Crippen LogP contribution in [-0.2, 0) is 13.0 Å². The predicted molar refractivity (Wildman–Crippen MR) is 115 cm³/mol. The summed E-state index contributed by atoms with van der Waals surface area (Å²) >= 11 is 0. The lowest BCUT2D eigenvalue weighted by atomic mass is 9.91. The van der Waals surface area contributed by atoms with E-state index in [1.807, 2.05) is 13.0 Å². The molecule has 0 radical (unpaired) electrons. The normalized spacial score (nSPS) is 16.8. The molecule has 0 fully saturated rings. The van der Waals surface area contributed by atoms with Gasteiger partial charge in [0, 0.05) is 40.9 Å². The Labute approximate surface area is 170 Å². The number of rotatable bonds is 5. The van der Waals surface area contributed by atoms with Crippen molar-refractivity contribution in [3.05, 3.63) is 83.1 Å². The second-order valence-corrected chi connectivity index (χ2v) is 7.63. The van der Waals surface area contributed by atoms with Crippen LogP contribution in [0.15, 0.2) is 54.9 Å². The highest BCUT2D eigenvalue weighted by Gasteiger charge is 2.33. The molecule has 0 aliphatic carbocycles. The van der Waals surface area contributed by atoms with Crippen LogP contribution in [0.2, 0.25) is 0 Å². The zero-order chi connectivity index (χ0) is 19.8. The molecule has 0 amide bonds. The molecular formula is C24H26N4O. The first-order valence-corrected chi connectivity index (χ1v) is 10.3. The zero-order valence-electron chi connectivity index (χ0n) is 16.9. The third kappa shape index (κ3) is 3.12. The Bertz CT molecular complexity index is 1140. The van der Waals surface area contributed by atoms with Crippen LogP contribution in [0.25, 0.3) is 10.9 Å². The molecule has 1 aliphatic heterocycles. The van der Waals surface area contributed by atoms with Crippen LogP contribution in [0.4, 0.5) is 0 Å². The van der Waals surface area contributed by atoms with Crippen molar-refractivity contribution < 1.29 is 4.74 Å². The second kappa shape index (κ2) is 7.41. The van der Waals surface area contributed by atoms with E-state index in [1.165, 1.54) is 27.7 Å². The summed E-state index contributed by atoms with van der Waals surface area (Å²) in [4.78, 5) is 14.0. The number of para-hydroxylation sites is 2. The lowest BCUT2D eigenvalue weighted by molar-refractivity contribution is 0.194. The molecule has 0 saturated carbocycles. The Balaban J connectivity index is 1.66. The molecule has 2 aromatic heterocycles. The van der Waals surface area contributed by atoms with Gasteiger partial charge in [-0.1, -0.05) is 36.4 Å². The fraction of sp³-hybridized carbons (Fsp3) is 0.292. The molecule has 0 bridgehead atoms. The molecule has 29 heavy (non-hydrogen) atoms. The van der Waals surface area contributed by atoms with Crippen molar-refractivity contribution in [3.63, 3.8) is 0 Å². The molecule has 1 aliphatic rings. The Morgan fingerprint density at radius 2 is 1.97 bits per heavy atom. The number of benzene rings is 2. The summed E-state index contributed by atoms with van der Waals surface area (Å²) in [7, 11) is 0. The smallest absolute Gasteiger partial charge is 0.124 e. The zero-order valence-corrected chi connectivity index (χ0v) is 16.9. The van der Waals surface area contributed by atoms with Crippen molar-refractivity contribution in [1.82, 2.24) is 19.9 Å². The van der Waals surface area contributed by atoms with E-state index in [4.69, 9.17) is 4.74 Å². The van der Waals surface area contributed by atoms with Crippen LogP contribution >= 0.6 is 0 Å². The highest BCUT2D eigenvalue weighted by Crippen LogP contribution is 2.42. The van der Waals surface area contributed by atoms with Crippen LogP contribution in [0.5, 0.6) is 5.75 Å². The first-order valence-electron chi connectivity index (χ1n) is 10.3. The van der Waals surface area contributed by atoms with E-state index in [0.29, 0.717) is 6.61 Å². The molecule has 1 unspecified atom stereocenters. The standard InChI is InChI=1S/C24H26N4O/c1-3-29-22-11-7-5-9-19(22)24-23-18(17-8-4-6-10-20(17)27-23)12-13-28(24)14-21-16(2)25-15-26-21/h4-11,15,24,27H,3,12-14H2,1-2H3,(H,25,26).